The standard InChI is InChI=1S/C44H27N5O/c1-3-11-28(12-4-1)29-20-22-30(23-21-29)42-46-43(31-13-10-26-45-27-31)48-44(47-42)37-18-9-17-35-36-25-24-34-33-16-7-8-19-38(33)49(32-14-5-2-6-15-32)39(34)41(36)50-40(35)37/h1-27H. The highest BCUT2D eigenvalue weighted by atomic mass is 16.3. The molecule has 6 aromatic carbocycles. The Morgan fingerprint density at radius 2 is 1.04 bits per heavy atom. The Balaban J connectivity index is 1.21. The molecule has 6 nitrogen and oxygen atoms in total. The summed E-state index contributed by atoms with van der Waals surface area (Å²) in [6, 6.07) is 52.1. The highest BCUT2D eigenvalue weighted by Gasteiger charge is 2.22. The van der Waals surface area contributed by atoms with Gasteiger partial charge in [-0.2, -0.15) is 0 Å². The van der Waals surface area contributed by atoms with Gasteiger partial charge in [-0.3, -0.25) is 4.98 Å². The summed E-state index contributed by atoms with van der Waals surface area (Å²) in [5.74, 6) is 1.66. The lowest BCUT2D eigenvalue weighted by molar-refractivity contribution is 0.671. The first-order chi connectivity index (χ1) is 24.8. The van der Waals surface area contributed by atoms with E-state index in [-0.39, 0.29) is 0 Å². The minimum absolute atomic E-state index is 0.533. The van der Waals surface area contributed by atoms with Crippen LogP contribution in [0.25, 0.3) is 94.7 Å². The monoisotopic (exact) mass is 641 g/mol. The largest absolute Gasteiger partial charge is 0.453 e. The lowest BCUT2D eigenvalue weighted by Gasteiger charge is -2.09. The van der Waals surface area contributed by atoms with Crippen LogP contribution in [0.5, 0.6) is 0 Å². The summed E-state index contributed by atoms with van der Waals surface area (Å²) in [4.78, 5) is 19.4. The van der Waals surface area contributed by atoms with Gasteiger partial charge in [0.25, 0.3) is 0 Å². The van der Waals surface area contributed by atoms with Crippen molar-refractivity contribution in [3.8, 4) is 51.0 Å². The molecule has 0 fully saturated rings. The lowest BCUT2D eigenvalue weighted by atomic mass is 10.0. The highest BCUT2D eigenvalue weighted by Crippen LogP contribution is 2.42. The van der Waals surface area contributed by atoms with E-state index in [1.807, 2.05) is 48.5 Å². The fourth-order valence-corrected chi connectivity index (χ4v) is 7.02. The predicted octanol–water partition coefficient (Wildman–Crippen LogP) is 10.9. The zero-order valence-electron chi connectivity index (χ0n) is 26.7. The SMILES string of the molecule is c1ccc(-c2ccc(-c3nc(-c4cccnc4)nc(-c4cccc5c4oc4c5ccc5c6ccccc6n(-c6ccccc6)c54)n3)cc2)cc1. The van der Waals surface area contributed by atoms with Crippen LogP contribution >= 0.6 is 0 Å². The van der Waals surface area contributed by atoms with Crippen molar-refractivity contribution in [3.05, 3.63) is 164 Å². The molecule has 4 aromatic heterocycles. The van der Waals surface area contributed by atoms with Crippen molar-refractivity contribution in [1.82, 2.24) is 24.5 Å². The molecule has 10 rings (SSSR count). The Morgan fingerprint density at radius 3 is 1.84 bits per heavy atom. The first-order valence-electron chi connectivity index (χ1n) is 16.6. The molecule has 10 aromatic rings. The lowest BCUT2D eigenvalue weighted by Crippen LogP contribution is -2.00. The van der Waals surface area contributed by atoms with Crippen LogP contribution in [0.2, 0.25) is 0 Å². The summed E-state index contributed by atoms with van der Waals surface area (Å²) >= 11 is 0. The van der Waals surface area contributed by atoms with E-state index in [4.69, 9.17) is 19.4 Å². The quantitative estimate of drug-likeness (QED) is 0.187. The molecule has 50 heavy (non-hydrogen) atoms. The number of pyridine rings is 1. The van der Waals surface area contributed by atoms with Gasteiger partial charge >= 0.3 is 0 Å². The van der Waals surface area contributed by atoms with Crippen LogP contribution in [0.4, 0.5) is 0 Å². The third-order valence-corrected chi connectivity index (χ3v) is 9.36. The van der Waals surface area contributed by atoms with Gasteiger partial charge < -0.3 is 8.98 Å². The third kappa shape index (κ3) is 4.50. The van der Waals surface area contributed by atoms with Crippen molar-refractivity contribution >= 4 is 43.7 Å². The van der Waals surface area contributed by atoms with Crippen LogP contribution in [0.1, 0.15) is 0 Å². The van der Waals surface area contributed by atoms with Crippen LogP contribution in [0, 0.1) is 0 Å². The van der Waals surface area contributed by atoms with E-state index in [1.54, 1.807) is 12.4 Å². The summed E-state index contributed by atoms with van der Waals surface area (Å²) in [6.45, 7) is 0. The smallest absolute Gasteiger partial charge is 0.167 e. The zero-order chi connectivity index (χ0) is 33.0. The highest BCUT2D eigenvalue weighted by molar-refractivity contribution is 6.22. The molecule has 4 heterocycles. The zero-order valence-corrected chi connectivity index (χ0v) is 26.7. The summed E-state index contributed by atoms with van der Waals surface area (Å²) < 4.78 is 9.27. The van der Waals surface area contributed by atoms with E-state index in [0.29, 0.717) is 17.5 Å². The number of aromatic nitrogens is 5. The second-order valence-electron chi connectivity index (χ2n) is 12.3. The van der Waals surface area contributed by atoms with Gasteiger partial charge in [0.2, 0.25) is 0 Å². The Hall–Kier alpha value is -6.92. The van der Waals surface area contributed by atoms with Gasteiger partial charge in [0.15, 0.2) is 23.1 Å². The van der Waals surface area contributed by atoms with E-state index in [0.717, 1.165) is 71.9 Å². The number of furan rings is 1. The van der Waals surface area contributed by atoms with Crippen molar-refractivity contribution in [2.24, 2.45) is 0 Å². The average molecular weight is 642 g/mol. The van der Waals surface area contributed by atoms with Gasteiger partial charge in [-0.1, -0.05) is 109 Å². The maximum absolute atomic E-state index is 6.97. The molecule has 0 amide bonds. The normalized spacial score (nSPS) is 11.6. The number of fused-ring (bicyclic) bond motifs is 7. The maximum Gasteiger partial charge on any atom is 0.167 e. The Bertz CT molecular complexity index is 2840. The summed E-state index contributed by atoms with van der Waals surface area (Å²) in [5.41, 5.74) is 9.57. The Morgan fingerprint density at radius 1 is 0.420 bits per heavy atom. The van der Waals surface area contributed by atoms with Crippen molar-refractivity contribution < 1.29 is 4.42 Å². The molecule has 0 bridgehead atoms. The molecule has 0 unspecified atom stereocenters. The molecule has 0 aliphatic heterocycles. The van der Waals surface area contributed by atoms with E-state index in [9.17, 15) is 0 Å². The van der Waals surface area contributed by atoms with Gasteiger partial charge in [0.1, 0.15) is 5.58 Å². The van der Waals surface area contributed by atoms with Gasteiger partial charge in [-0.25, -0.2) is 15.0 Å². The van der Waals surface area contributed by atoms with Crippen molar-refractivity contribution in [1.29, 1.82) is 0 Å². The van der Waals surface area contributed by atoms with E-state index < -0.39 is 0 Å². The van der Waals surface area contributed by atoms with Gasteiger partial charge in [-0.05, 0) is 53.6 Å². The second-order valence-corrected chi connectivity index (χ2v) is 12.3. The molecule has 0 aliphatic carbocycles. The summed E-state index contributed by atoms with van der Waals surface area (Å²) in [6.07, 6.45) is 3.53. The fraction of sp³-hybridized carbons (Fsp3) is 0. The van der Waals surface area contributed by atoms with E-state index in [1.165, 1.54) is 5.39 Å². The first-order valence-corrected chi connectivity index (χ1v) is 16.6. The number of para-hydroxylation sites is 3. The topological polar surface area (TPSA) is 69.6 Å². The first kappa shape index (κ1) is 28.1. The average Bonchev–Trinajstić information content (AvgIpc) is 3.75. The third-order valence-electron chi connectivity index (χ3n) is 9.36. The molecule has 0 radical (unpaired) electrons. The molecular formula is C44H27N5O. The van der Waals surface area contributed by atoms with E-state index >= 15 is 0 Å². The maximum atomic E-state index is 6.97. The van der Waals surface area contributed by atoms with Crippen LogP contribution in [0.15, 0.2) is 168 Å². The van der Waals surface area contributed by atoms with Crippen molar-refractivity contribution in [2.75, 3.05) is 0 Å². The number of rotatable bonds is 5. The molecule has 0 N–H and O–H groups in total. The number of benzene rings is 6. The summed E-state index contributed by atoms with van der Waals surface area (Å²) in [5, 5.41) is 4.35. The van der Waals surface area contributed by atoms with Crippen molar-refractivity contribution in [2.45, 2.75) is 0 Å². The predicted molar refractivity (Wildman–Crippen MR) is 201 cm³/mol. The molecule has 0 saturated heterocycles. The van der Waals surface area contributed by atoms with Crippen LogP contribution in [0.3, 0.4) is 0 Å². The molecule has 0 saturated carbocycles. The van der Waals surface area contributed by atoms with Crippen LogP contribution < -0.4 is 0 Å². The minimum atomic E-state index is 0.533. The number of hydrogen-bond acceptors (Lipinski definition) is 5. The molecule has 0 aliphatic rings. The molecular weight excluding hydrogens is 615 g/mol. The fourth-order valence-electron chi connectivity index (χ4n) is 7.02. The van der Waals surface area contributed by atoms with Gasteiger partial charge in [-0.15, -0.1) is 0 Å². The number of nitrogens with zero attached hydrogens (tertiary/aromatic N) is 5. The van der Waals surface area contributed by atoms with E-state index in [2.05, 4.69) is 113 Å². The Kier molecular flexibility index (Phi) is 6.39. The van der Waals surface area contributed by atoms with Gasteiger partial charge in [0.05, 0.1) is 16.6 Å². The molecule has 234 valence electrons. The Labute approximate surface area is 287 Å². The summed E-state index contributed by atoms with van der Waals surface area (Å²) in [7, 11) is 0. The molecule has 0 spiro atoms. The number of hydrogen-bond donors (Lipinski definition) is 0. The molecule has 0 atom stereocenters. The van der Waals surface area contributed by atoms with Crippen molar-refractivity contribution in [3.63, 3.8) is 0 Å². The minimum Gasteiger partial charge on any atom is -0.453 e. The molecule has 6 heteroatoms. The van der Waals surface area contributed by atoms with Gasteiger partial charge in [0, 0.05) is 50.8 Å². The van der Waals surface area contributed by atoms with Crippen LogP contribution in [-0.4, -0.2) is 24.5 Å². The van der Waals surface area contributed by atoms with Crippen LogP contribution in [-0.2, 0) is 0 Å². The second kappa shape index (κ2) is 11.4.